The Kier molecular flexibility index (Phi) is 9.58. The maximum atomic E-state index is 10.7. The van der Waals surface area contributed by atoms with Gasteiger partial charge in [-0.25, -0.2) is 0 Å². The highest BCUT2D eigenvalue weighted by molar-refractivity contribution is 5.86. The normalized spacial score (nSPS) is 9.79. The molecule has 4 heteroatoms. The first kappa shape index (κ1) is 13.1. The van der Waals surface area contributed by atoms with Gasteiger partial charge in [0.15, 0.2) is 0 Å². The van der Waals surface area contributed by atoms with E-state index < -0.39 is 0 Å². The van der Waals surface area contributed by atoms with E-state index in [1.165, 1.54) is 6.08 Å². The lowest BCUT2D eigenvalue weighted by atomic mass is 10.5. The molecule has 14 heavy (non-hydrogen) atoms. The Hall–Kier alpha value is -0.870. The molecular weight excluding hydrogens is 182 g/mol. The summed E-state index contributed by atoms with van der Waals surface area (Å²) in [5, 5.41) is 2.61. The van der Waals surface area contributed by atoms with Crippen LogP contribution in [0.4, 0.5) is 0 Å². The maximum absolute atomic E-state index is 10.7. The van der Waals surface area contributed by atoms with Crippen molar-refractivity contribution in [1.82, 2.24) is 5.32 Å². The fraction of sp³-hybridized carbons (Fsp3) is 0.700. The molecule has 1 N–H and O–H groups in total. The molecule has 0 saturated carbocycles. The number of hydrogen-bond donors (Lipinski definition) is 1. The smallest absolute Gasteiger partial charge is 0.243 e. The lowest BCUT2D eigenvalue weighted by Gasteiger charge is -2.05. The monoisotopic (exact) mass is 201 g/mol. The topological polar surface area (TPSA) is 47.6 Å². The van der Waals surface area contributed by atoms with E-state index >= 15 is 0 Å². The predicted molar refractivity (Wildman–Crippen MR) is 55.1 cm³/mol. The van der Waals surface area contributed by atoms with E-state index in [2.05, 4.69) is 18.8 Å². The van der Waals surface area contributed by atoms with Gasteiger partial charge in [-0.2, -0.15) is 0 Å². The third-order valence-electron chi connectivity index (χ3n) is 1.45. The second-order valence-electron chi connectivity index (χ2n) is 2.72. The second-order valence-corrected chi connectivity index (χ2v) is 2.72. The van der Waals surface area contributed by atoms with Crippen LogP contribution in [0, 0.1) is 0 Å². The standard InChI is InChI=1S/C10H19NO3/c1-3-6-13-8-9-14-7-5-11-10(12)4-2/h4H,2-3,5-9H2,1H3,(H,11,12). The molecule has 0 aromatic carbocycles. The summed E-state index contributed by atoms with van der Waals surface area (Å²) < 4.78 is 10.4. The van der Waals surface area contributed by atoms with Crippen molar-refractivity contribution in [3.05, 3.63) is 12.7 Å². The first-order valence-corrected chi connectivity index (χ1v) is 4.87. The molecule has 4 nitrogen and oxygen atoms in total. The molecule has 0 heterocycles. The lowest BCUT2D eigenvalue weighted by Crippen LogP contribution is -2.25. The average molecular weight is 201 g/mol. The highest BCUT2D eigenvalue weighted by atomic mass is 16.5. The van der Waals surface area contributed by atoms with E-state index in [1.54, 1.807) is 0 Å². The summed E-state index contributed by atoms with van der Waals surface area (Å²) in [6.07, 6.45) is 2.26. The van der Waals surface area contributed by atoms with Gasteiger partial charge in [0.05, 0.1) is 19.8 Å². The van der Waals surface area contributed by atoms with Gasteiger partial charge in [0, 0.05) is 13.2 Å². The molecule has 0 unspecified atom stereocenters. The number of ether oxygens (including phenoxy) is 2. The molecule has 0 atom stereocenters. The van der Waals surface area contributed by atoms with Gasteiger partial charge in [-0.15, -0.1) is 0 Å². The molecule has 82 valence electrons. The van der Waals surface area contributed by atoms with Crippen LogP contribution in [0.3, 0.4) is 0 Å². The van der Waals surface area contributed by atoms with Gasteiger partial charge >= 0.3 is 0 Å². The molecule has 1 amide bonds. The Morgan fingerprint density at radius 3 is 2.50 bits per heavy atom. The summed E-state index contributed by atoms with van der Waals surface area (Å²) >= 11 is 0. The van der Waals surface area contributed by atoms with Gasteiger partial charge in [0.1, 0.15) is 0 Å². The molecule has 0 aromatic rings. The number of nitrogens with one attached hydrogen (secondary N) is 1. The largest absolute Gasteiger partial charge is 0.379 e. The van der Waals surface area contributed by atoms with Crippen LogP contribution in [0.1, 0.15) is 13.3 Å². The molecule has 0 rings (SSSR count). The minimum Gasteiger partial charge on any atom is -0.379 e. The number of amides is 1. The van der Waals surface area contributed by atoms with Crippen molar-refractivity contribution < 1.29 is 14.3 Å². The number of rotatable bonds is 9. The first-order chi connectivity index (χ1) is 6.81. The van der Waals surface area contributed by atoms with Crippen LogP contribution in [0.2, 0.25) is 0 Å². The van der Waals surface area contributed by atoms with Crippen molar-refractivity contribution in [2.45, 2.75) is 13.3 Å². The van der Waals surface area contributed by atoms with Gasteiger partial charge in [0.25, 0.3) is 0 Å². The van der Waals surface area contributed by atoms with Crippen molar-refractivity contribution in [3.63, 3.8) is 0 Å². The fourth-order valence-electron chi connectivity index (χ4n) is 0.785. The van der Waals surface area contributed by atoms with Crippen LogP contribution in [0.5, 0.6) is 0 Å². The molecule has 0 aliphatic carbocycles. The molecule has 0 spiro atoms. The highest BCUT2D eigenvalue weighted by Gasteiger charge is 1.92. The van der Waals surface area contributed by atoms with Crippen LogP contribution >= 0.6 is 0 Å². The van der Waals surface area contributed by atoms with Crippen LogP contribution in [-0.2, 0) is 14.3 Å². The fourth-order valence-corrected chi connectivity index (χ4v) is 0.785. The van der Waals surface area contributed by atoms with Crippen molar-refractivity contribution in [2.75, 3.05) is 33.0 Å². The minimum absolute atomic E-state index is 0.171. The summed E-state index contributed by atoms with van der Waals surface area (Å²) in [6.45, 7) is 8.38. The van der Waals surface area contributed by atoms with E-state index in [-0.39, 0.29) is 5.91 Å². The Labute approximate surface area is 85.3 Å². The lowest BCUT2D eigenvalue weighted by molar-refractivity contribution is -0.116. The van der Waals surface area contributed by atoms with E-state index in [0.717, 1.165) is 13.0 Å². The van der Waals surface area contributed by atoms with E-state index in [1.807, 2.05) is 0 Å². The molecule has 0 aliphatic heterocycles. The van der Waals surface area contributed by atoms with Crippen molar-refractivity contribution in [1.29, 1.82) is 0 Å². The van der Waals surface area contributed by atoms with Crippen LogP contribution in [0.15, 0.2) is 12.7 Å². The SMILES string of the molecule is C=CC(=O)NCCOCCOCCC. The Bertz CT molecular complexity index is 159. The third kappa shape index (κ3) is 9.22. The molecule has 0 bridgehead atoms. The zero-order valence-electron chi connectivity index (χ0n) is 8.75. The van der Waals surface area contributed by atoms with Gasteiger partial charge < -0.3 is 14.8 Å². The van der Waals surface area contributed by atoms with E-state index in [9.17, 15) is 4.79 Å². The summed E-state index contributed by atoms with van der Waals surface area (Å²) in [5.41, 5.74) is 0. The summed E-state index contributed by atoms with van der Waals surface area (Å²) in [6, 6.07) is 0. The molecule has 0 aromatic heterocycles. The zero-order valence-corrected chi connectivity index (χ0v) is 8.75. The van der Waals surface area contributed by atoms with Crippen molar-refractivity contribution in [3.8, 4) is 0 Å². The van der Waals surface area contributed by atoms with Gasteiger partial charge in [0.2, 0.25) is 5.91 Å². The van der Waals surface area contributed by atoms with Gasteiger partial charge in [-0.05, 0) is 12.5 Å². The van der Waals surface area contributed by atoms with Crippen LogP contribution < -0.4 is 5.32 Å². The van der Waals surface area contributed by atoms with Gasteiger partial charge in [-0.1, -0.05) is 13.5 Å². The van der Waals surface area contributed by atoms with Crippen LogP contribution in [0.25, 0.3) is 0 Å². The number of carbonyl (C=O) groups is 1. The van der Waals surface area contributed by atoms with E-state index in [4.69, 9.17) is 9.47 Å². The Morgan fingerprint density at radius 2 is 1.93 bits per heavy atom. The first-order valence-electron chi connectivity index (χ1n) is 4.87. The molecule has 0 radical (unpaired) electrons. The molecular formula is C10H19NO3. The van der Waals surface area contributed by atoms with Crippen molar-refractivity contribution >= 4 is 5.91 Å². The van der Waals surface area contributed by atoms with Crippen LogP contribution in [-0.4, -0.2) is 38.9 Å². The van der Waals surface area contributed by atoms with Crippen molar-refractivity contribution in [2.24, 2.45) is 0 Å². The summed E-state index contributed by atoms with van der Waals surface area (Å²) in [7, 11) is 0. The highest BCUT2D eigenvalue weighted by Crippen LogP contribution is 1.81. The number of carbonyl (C=O) groups excluding carboxylic acids is 1. The average Bonchev–Trinajstić information content (AvgIpc) is 2.21. The number of hydrogen-bond acceptors (Lipinski definition) is 3. The summed E-state index contributed by atoms with van der Waals surface area (Å²) in [4.78, 5) is 10.7. The zero-order chi connectivity index (χ0) is 10.6. The molecule has 0 saturated heterocycles. The minimum atomic E-state index is -0.171. The summed E-state index contributed by atoms with van der Waals surface area (Å²) in [5.74, 6) is -0.171. The Morgan fingerprint density at radius 1 is 1.29 bits per heavy atom. The molecule has 0 fully saturated rings. The molecule has 0 aliphatic rings. The third-order valence-corrected chi connectivity index (χ3v) is 1.45. The maximum Gasteiger partial charge on any atom is 0.243 e. The quantitative estimate of drug-likeness (QED) is 0.442. The predicted octanol–water partition coefficient (Wildman–Crippen LogP) is 0.732. The Balaban J connectivity index is 2.99. The second kappa shape index (κ2) is 10.2. The van der Waals surface area contributed by atoms with Gasteiger partial charge in [-0.3, -0.25) is 4.79 Å². The van der Waals surface area contributed by atoms with E-state index in [0.29, 0.717) is 26.4 Å².